The summed E-state index contributed by atoms with van der Waals surface area (Å²) in [7, 11) is 0. The first kappa shape index (κ1) is 12.6. The fourth-order valence-electron chi connectivity index (χ4n) is 2.09. The molecule has 0 aromatic heterocycles. The van der Waals surface area contributed by atoms with Crippen LogP contribution >= 0.6 is 0 Å². The van der Waals surface area contributed by atoms with Gasteiger partial charge in [-0.25, -0.2) is 5.32 Å². The Kier molecular flexibility index (Phi) is 4.54. The van der Waals surface area contributed by atoms with Gasteiger partial charge in [-0.1, -0.05) is 43.7 Å². The number of nitrogens with zero attached hydrogens (tertiary/aromatic N) is 1. The Morgan fingerprint density at radius 1 is 1.35 bits per heavy atom. The molecular formula is C14H21N2O. The summed E-state index contributed by atoms with van der Waals surface area (Å²) in [4.78, 5) is 0. The molecule has 1 fully saturated rings. The molecule has 3 nitrogen and oxygen atoms in total. The van der Waals surface area contributed by atoms with Gasteiger partial charge in [0.05, 0.1) is 0 Å². The summed E-state index contributed by atoms with van der Waals surface area (Å²) in [5.74, 6) is 0. The van der Waals surface area contributed by atoms with E-state index in [9.17, 15) is 0 Å². The number of hydrogen-bond acceptors (Lipinski definition) is 2. The average Bonchev–Trinajstić information content (AvgIpc) is 2.41. The van der Waals surface area contributed by atoms with Gasteiger partial charge in [-0.2, -0.15) is 0 Å². The van der Waals surface area contributed by atoms with Gasteiger partial charge in [0.2, 0.25) is 0 Å². The second kappa shape index (κ2) is 6.15. The van der Waals surface area contributed by atoms with Crippen molar-refractivity contribution in [3.8, 4) is 0 Å². The maximum atomic E-state index is 6.07. The van der Waals surface area contributed by atoms with Crippen molar-refractivity contribution in [1.29, 1.82) is 0 Å². The van der Waals surface area contributed by atoms with E-state index in [1.165, 1.54) is 0 Å². The molecule has 1 atom stereocenters. The van der Waals surface area contributed by atoms with Crippen molar-refractivity contribution in [3.05, 3.63) is 35.9 Å². The highest BCUT2D eigenvalue weighted by Crippen LogP contribution is 2.25. The Hall–Kier alpha value is -0.900. The van der Waals surface area contributed by atoms with Gasteiger partial charge in [0.1, 0.15) is 0 Å². The molecule has 1 aromatic rings. The van der Waals surface area contributed by atoms with Crippen LogP contribution in [0.15, 0.2) is 30.3 Å². The Morgan fingerprint density at radius 3 is 2.82 bits per heavy atom. The van der Waals surface area contributed by atoms with Gasteiger partial charge in [0.15, 0.2) is 5.72 Å². The molecule has 1 aliphatic heterocycles. The van der Waals surface area contributed by atoms with Crippen LogP contribution in [0.2, 0.25) is 0 Å². The summed E-state index contributed by atoms with van der Waals surface area (Å²) in [5, 5.41) is 8.10. The molecule has 1 heterocycles. The molecule has 1 unspecified atom stereocenters. The van der Waals surface area contributed by atoms with E-state index in [2.05, 4.69) is 24.4 Å². The number of hydrogen-bond donors (Lipinski definition) is 1. The fourth-order valence-corrected chi connectivity index (χ4v) is 2.09. The number of rotatable bonds is 5. The summed E-state index contributed by atoms with van der Waals surface area (Å²) in [6, 6.07) is 10.3. The zero-order valence-corrected chi connectivity index (χ0v) is 10.5. The smallest absolute Gasteiger partial charge is 0.172 e. The Labute approximate surface area is 104 Å². The molecule has 0 amide bonds. The standard InChI is InChI=1S/C14H21N2O/c1-2-3-11-17-14(12-15-9-10-16-14)13-7-5-4-6-8-13/h4-8,15H,2-3,9-12H2,1H3. The van der Waals surface area contributed by atoms with Crippen LogP contribution in [0.25, 0.3) is 0 Å². The quantitative estimate of drug-likeness (QED) is 0.788. The minimum atomic E-state index is -0.464. The van der Waals surface area contributed by atoms with E-state index >= 15 is 0 Å². The zero-order chi connectivity index (χ0) is 12.0. The number of nitrogens with one attached hydrogen (secondary N) is 1. The van der Waals surface area contributed by atoms with E-state index in [-0.39, 0.29) is 0 Å². The fraction of sp³-hybridized carbons (Fsp3) is 0.571. The summed E-state index contributed by atoms with van der Waals surface area (Å²) < 4.78 is 6.07. The van der Waals surface area contributed by atoms with Crippen molar-refractivity contribution in [2.75, 3.05) is 26.2 Å². The summed E-state index contributed by atoms with van der Waals surface area (Å²) in [5.41, 5.74) is 0.692. The normalized spacial score (nSPS) is 24.8. The molecule has 3 heteroatoms. The monoisotopic (exact) mass is 233 g/mol. The molecular weight excluding hydrogens is 212 g/mol. The lowest BCUT2D eigenvalue weighted by atomic mass is 10.0. The van der Waals surface area contributed by atoms with Crippen molar-refractivity contribution in [3.63, 3.8) is 0 Å². The van der Waals surface area contributed by atoms with E-state index in [1.807, 2.05) is 18.2 Å². The van der Waals surface area contributed by atoms with Gasteiger partial charge in [-0.3, -0.25) is 0 Å². The lowest BCUT2D eigenvalue weighted by molar-refractivity contribution is -0.0882. The lowest BCUT2D eigenvalue weighted by Gasteiger charge is -2.37. The SMILES string of the molecule is CCCCOC1(c2ccccc2)CNCC[N]1. The molecule has 2 rings (SSSR count). The molecule has 1 N–H and O–H groups in total. The van der Waals surface area contributed by atoms with Gasteiger partial charge < -0.3 is 10.1 Å². The lowest BCUT2D eigenvalue weighted by Crippen LogP contribution is -2.54. The van der Waals surface area contributed by atoms with Gasteiger partial charge in [-0.05, 0) is 6.42 Å². The Morgan fingerprint density at radius 2 is 2.18 bits per heavy atom. The molecule has 0 spiro atoms. The highest BCUT2D eigenvalue weighted by molar-refractivity contribution is 5.23. The zero-order valence-electron chi connectivity index (χ0n) is 10.5. The molecule has 1 aromatic carbocycles. The molecule has 0 bridgehead atoms. The number of piperazine rings is 1. The van der Waals surface area contributed by atoms with Crippen LogP contribution in [0.1, 0.15) is 25.3 Å². The van der Waals surface area contributed by atoms with E-state index in [4.69, 9.17) is 10.1 Å². The Bertz CT molecular complexity index is 320. The first-order valence-electron chi connectivity index (χ1n) is 6.46. The third-order valence-electron chi connectivity index (χ3n) is 3.08. The van der Waals surface area contributed by atoms with Gasteiger partial charge in [-0.15, -0.1) is 0 Å². The van der Waals surface area contributed by atoms with E-state index in [0.29, 0.717) is 0 Å². The Balaban J connectivity index is 2.11. The van der Waals surface area contributed by atoms with Gasteiger partial charge in [0, 0.05) is 31.8 Å². The van der Waals surface area contributed by atoms with Gasteiger partial charge in [0.25, 0.3) is 0 Å². The highest BCUT2D eigenvalue weighted by atomic mass is 16.5. The molecule has 1 saturated heterocycles. The number of unbranched alkanes of at least 4 members (excludes halogenated alkanes) is 1. The van der Waals surface area contributed by atoms with Crippen molar-refractivity contribution in [2.45, 2.75) is 25.5 Å². The first-order valence-corrected chi connectivity index (χ1v) is 6.46. The topological polar surface area (TPSA) is 35.4 Å². The number of ether oxygens (including phenoxy) is 1. The average molecular weight is 233 g/mol. The molecule has 17 heavy (non-hydrogen) atoms. The molecule has 0 aliphatic carbocycles. The van der Waals surface area contributed by atoms with Crippen molar-refractivity contribution < 1.29 is 4.74 Å². The maximum Gasteiger partial charge on any atom is 0.172 e. The van der Waals surface area contributed by atoms with E-state index in [1.54, 1.807) is 0 Å². The van der Waals surface area contributed by atoms with Crippen molar-refractivity contribution in [1.82, 2.24) is 10.6 Å². The summed E-state index contributed by atoms with van der Waals surface area (Å²) >= 11 is 0. The molecule has 1 radical (unpaired) electrons. The molecule has 1 aliphatic rings. The van der Waals surface area contributed by atoms with Crippen LogP contribution in [0, 0.1) is 0 Å². The third kappa shape index (κ3) is 3.06. The van der Waals surface area contributed by atoms with Crippen molar-refractivity contribution >= 4 is 0 Å². The second-order valence-corrected chi connectivity index (χ2v) is 4.41. The van der Waals surface area contributed by atoms with Crippen molar-refractivity contribution in [2.24, 2.45) is 0 Å². The van der Waals surface area contributed by atoms with E-state index in [0.717, 1.165) is 44.6 Å². The summed E-state index contributed by atoms with van der Waals surface area (Å²) in [6.07, 6.45) is 2.24. The molecule has 93 valence electrons. The largest absolute Gasteiger partial charge is 0.353 e. The summed E-state index contributed by atoms with van der Waals surface area (Å²) in [6.45, 7) is 5.50. The first-order chi connectivity index (χ1) is 8.37. The van der Waals surface area contributed by atoms with Crippen LogP contribution in [-0.4, -0.2) is 26.2 Å². The maximum absolute atomic E-state index is 6.07. The van der Waals surface area contributed by atoms with Crippen LogP contribution in [0.4, 0.5) is 0 Å². The van der Waals surface area contributed by atoms with Gasteiger partial charge >= 0.3 is 0 Å². The predicted octanol–water partition coefficient (Wildman–Crippen LogP) is 1.86. The molecule has 0 saturated carbocycles. The number of benzene rings is 1. The highest BCUT2D eigenvalue weighted by Gasteiger charge is 2.35. The minimum Gasteiger partial charge on any atom is -0.353 e. The minimum absolute atomic E-state index is 0.464. The van der Waals surface area contributed by atoms with Crippen LogP contribution < -0.4 is 10.6 Å². The van der Waals surface area contributed by atoms with Crippen LogP contribution in [-0.2, 0) is 10.5 Å². The second-order valence-electron chi connectivity index (χ2n) is 4.41. The third-order valence-corrected chi connectivity index (χ3v) is 3.08. The van der Waals surface area contributed by atoms with Crippen LogP contribution in [0.3, 0.4) is 0 Å². The van der Waals surface area contributed by atoms with E-state index < -0.39 is 5.72 Å². The predicted molar refractivity (Wildman–Crippen MR) is 68.9 cm³/mol. The van der Waals surface area contributed by atoms with Crippen LogP contribution in [0.5, 0.6) is 0 Å².